The van der Waals surface area contributed by atoms with Gasteiger partial charge in [0.2, 0.25) is 0 Å². The van der Waals surface area contributed by atoms with Crippen molar-refractivity contribution in [2.75, 3.05) is 33.9 Å². The van der Waals surface area contributed by atoms with Crippen molar-refractivity contribution in [3.63, 3.8) is 0 Å². The van der Waals surface area contributed by atoms with Crippen molar-refractivity contribution >= 4 is 0 Å². The highest BCUT2D eigenvalue weighted by atomic mass is 16.5. The maximum absolute atomic E-state index is 9.78. The van der Waals surface area contributed by atoms with Crippen molar-refractivity contribution in [3.8, 4) is 5.75 Å². The molecule has 4 nitrogen and oxygen atoms in total. The molecule has 1 aromatic carbocycles. The van der Waals surface area contributed by atoms with Crippen LogP contribution in [0.2, 0.25) is 0 Å². The summed E-state index contributed by atoms with van der Waals surface area (Å²) in [6.07, 6.45) is 1.31. The average Bonchev–Trinajstić information content (AvgIpc) is 2.42. The summed E-state index contributed by atoms with van der Waals surface area (Å²) in [5, 5.41) is 12.9. The van der Waals surface area contributed by atoms with Crippen LogP contribution in [0.25, 0.3) is 0 Å². The summed E-state index contributed by atoms with van der Waals surface area (Å²) in [6, 6.07) is 7.95. The minimum atomic E-state index is -0.316. The van der Waals surface area contributed by atoms with Gasteiger partial charge in [0.05, 0.1) is 19.8 Å². The fourth-order valence-corrected chi connectivity index (χ4v) is 1.67. The number of nitrogens with one attached hydrogen (secondary N) is 1. The molecular formula is C14H23NO3. The molecular weight excluding hydrogens is 230 g/mol. The normalized spacial score (nSPS) is 12.4. The van der Waals surface area contributed by atoms with Gasteiger partial charge < -0.3 is 19.9 Å². The van der Waals surface area contributed by atoms with Crippen LogP contribution in [0.5, 0.6) is 5.75 Å². The molecule has 0 fully saturated rings. The van der Waals surface area contributed by atoms with E-state index in [9.17, 15) is 5.11 Å². The number of aryl methyl sites for hydroxylation is 1. The lowest BCUT2D eigenvalue weighted by molar-refractivity contribution is 0.152. The highest BCUT2D eigenvalue weighted by Gasteiger charge is 2.04. The molecule has 102 valence electrons. The number of methoxy groups -OCH3 is 2. The van der Waals surface area contributed by atoms with Crippen LogP contribution in [-0.4, -0.2) is 45.1 Å². The van der Waals surface area contributed by atoms with E-state index >= 15 is 0 Å². The lowest BCUT2D eigenvalue weighted by Gasteiger charge is -2.11. The molecule has 0 aliphatic heterocycles. The number of aliphatic hydroxyl groups excluding tert-OH is 1. The highest BCUT2D eigenvalue weighted by Crippen LogP contribution is 2.13. The smallest absolute Gasteiger partial charge is 0.118 e. The standard InChI is InChI=1S/C14H23NO3/c1-17-10-9-15-11-13(16)6-3-12-4-7-14(18-2)8-5-12/h4-5,7-8,13,15-16H,3,6,9-11H2,1-2H3. The Hall–Kier alpha value is -1.10. The second-order valence-corrected chi connectivity index (χ2v) is 4.24. The Balaban J connectivity index is 2.18. The van der Waals surface area contributed by atoms with Gasteiger partial charge in [-0.1, -0.05) is 12.1 Å². The quantitative estimate of drug-likeness (QED) is 0.650. The Morgan fingerprint density at radius 3 is 2.56 bits per heavy atom. The molecule has 0 spiro atoms. The topological polar surface area (TPSA) is 50.7 Å². The molecule has 2 N–H and O–H groups in total. The Morgan fingerprint density at radius 2 is 1.94 bits per heavy atom. The molecule has 0 aromatic heterocycles. The number of aliphatic hydroxyl groups is 1. The summed E-state index contributed by atoms with van der Waals surface area (Å²) in [4.78, 5) is 0. The number of benzene rings is 1. The summed E-state index contributed by atoms with van der Waals surface area (Å²) >= 11 is 0. The van der Waals surface area contributed by atoms with E-state index in [1.54, 1.807) is 14.2 Å². The van der Waals surface area contributed by atoms with E-state index in [2.05, 4.69) is 5.32 Å². The van der Waals surface area contributed by atoms with Gasteiger partial charge in [0.25, 0.3) is 0 Å². The molecule has 18 heavy (non-hydrogen) atoms. The zero-order chi connectivity index (χ0) is 13.2. The first kappa shape index (κ1) is 15.0. The zero-order valence-electron chi connectivity index (χ0n) is 11.2. The molecule has 0 heterocycles. The molecule has 4 heteroatoms. The predicted molar refractivity (Wildman–Crippen MR) is 72.1 cm³/mol. The van der Waals surface area contributed by atoms with Gasteiger partial charge >= 0.3 is 0 Å². The SMILES string of the molecule is COCCNCC(O)CCc1ccc(OC)cc1. The van der Waals surface area contributed by atoms with E-state index in [1.807, 2.05) is 24.3 Å². The van der Waals surface area contributed by atoms with Gasteiger partial charge in [0.15, 0.2) is 0 Å². The average molecular weight is 253 g/mol. The molecule has 0 aliphatic carbocycles. The number of hydrogen-bond acceptors (Lipinski definition) is 4. The van der Waals surface area contributed by atoms with Crippen LogP contribution in [0.15, 0.2) is 24.3 Å². The third-order valence-electron chi connectivity index (χ3n) is 2.79. The van der Waals surface area contributed by atoms with Crippen molar-refractivity contribution in [2.45, 2.75) is 18.9 Å². The van der Waals surface area contributed by atoms with Crippen LogP contribution in [0, 0.1) is 0 Å². The third kappa shape index (κ3) is 6.00. The first-order valence-corrected chi connectivity index (χ1v) is 6.27. The van der Waals surface area contributed by atoms with E-state index in [0.29, 0.717) is 13.2 Å². The molecule has 0 bridgehead atoms. The van der Waals surface area contributed by atoms with Gasteiger partial charge in [-0.3, -0.25) is 0 Å². The van der Waals surface area contributed by atoms with Crippen molar-refractivity contribution < 1.29 is 14.6 Å². The summed E-state index contributed by atoms with van der Waals surface area (Å²) in [7, 11) is 3.33. The van der Waals surface area contributed by atoms with Crippen LogP contribution in [0.1, 0.15) is 12.0 Å². The Labute approximate surface area is 109 Å². The lowest BCUT2D eigenvalue weighted by Crippen LogP contribution is -2.29. The van der Waals surface area contributed by atoms with E-state index in [0.717, 1.165) is 25.1 Å². The highest BCUT2D eigenvalue weighted by molar-refractivity contribution is 5.27. The van der Waals surface area contributed by atoms with Gasteiger partial charge in [0.1, 0.15) is 5.75 Å². The van der Waals surface area contributed by atoms with Crippen LogP contribution >= 0.6 is 0 Å². The van der Waals surface area contributed by atoms with Crippen LogP contribution < -0.4 is 10.1 Å². The maximum atomic E-state index is 9.78. The summed E-state index contributed by atoms with van der Waals surface area (Å²) in [5.74, 6) is 0.862. The van der Waals surface area contributed by atoms with E-state index < -0.39 is 0 Å². The van der Waals surface area contributed by atoms with Crippen molar-refractivity contribution in [1.29, 1.82) is 0 Å². The maximum Gasteiger partial charge on any atom is 0.118 e. The van der Waals surface area contributed by atoms with Crippen LogP contribution in [-0.2, 0) is 11.2 Å². The summed E-state index contributed by atoms with van der Waals surface area (Å²) in [6.45, 7) is 2.06. The molecule has 1 unspecified atom stereocenters. The molecule has 0 saturated heterocycles. The van der Waals surface area contributed by atoms with E-state index in [-0.39, 0.29) is 6.10 Å². The molecule has 1 rings (SSSR count). The minimum absolute atomic E-state index is 0.316. The minimum Gasteiger partial charge on any atom is -0.497 e. The van der Waals surface area contributed by atoms with Crippen molar-refractivity contribution in [1.82, 2.24) is 5.32 Å². The van der Waals surface area contributed by atoms with Gasteiger partial charge in [0, 0.05) is 20.2 Å². The summed E-state index contributed by atoms with van der Waals surface area (Å²) in [5.41, 5.74) is 1.21. The molecule has 0 radical (unpaired) electrons. The van der Waals surface area contributed by atoms with Gasteiger partial charge in [-0.05, 0) is 30.5 Å². The van der Waals surface area contributed by atoms with Crippen molar-refractivity contribution in [2.24, 2.45) is 0 Å². The lowest BCUT2D eigenvalue weighted by atomic mass is 10.1. The third-order valence-corrected chi connectivity index (χ3v) is 2.79. The van der Waals surface area contributed by atoms with Crippen molar-refractivity contribution in [3.05, 3.63) is 29.8 Å². The summed E-state index contributed by atoms with van der Waals surface area (Å²) < 4.78 is 10.0. The second-order valence-electron chi connectivity index (χ2n) is 4.24. The fraction of sp³-hybridized carbons (Fsp3) is 0.571. The second kappa shape index (κ2) is 8.91. The van der Waals surface area contributed by atoms with Gasteiger partial charge in [-0.25, -0.2) is 0 Å². The number of ether oxygens (including phenoxy) is 2. The monoisotopic (exact) mass is 253 g/mol. The molecule has 0 saturated carbocycles. The Bertz CT molecular complexity index is 313. The zero-order valence-corrected chi connectivity index (χ0v) is 11.2. The van der Waals surface area contributed by atoms with Gasteiger partial charge in [-0.15, -0.1) is 0 Å². The largest absolute Gasteiger partial charge is 0.497 e. The first-order valence-electron chi connectivity index (χ1n) is 6.27. The van der Waals surface area contributed by atoms with Crippen LogP contribution in [0.4, 0.5) is 0 Å². The number of rotatable bonds is 9. The predicted octanol–water partition coefficient (Wildman–Crippen LogP) is 1.22. The first-order chi connectivity index (χ1) is 8.76. The van der Waals surface area contributed by atoms with Crippen LogP contribution in [0.3, 0.4) is 0 Å². The fourth-order valence-electron chi connectivity index (χ4n) is 1.67. The number of hydrogen-bond donors (Lipinski definition) is 2. The molecule has 1 aromatic rings. The molecule has 1 atom stereocenters. The molecule has 0 aliphatic rings. The molecule has 0 amide bonds. The van der Waals surface area contributed by atoms with E-state index in [1.165, 1.54) is 5.56 Å². The van der Waals surface area contributed by atoms with E-state index in [4.69, 9.17) is 9.47 Å². The Kier molecular flexibility index (Phi) is 7.41. The Morgan fingerprint density at radius 1 is 1.22 bits per heavy atom. The van der Waals surface area contributed by atoms with Gasteiger partial charge in [-0.2, -0.15) is 0 Å².